The molecule has 0 radical (unpaired) electrons. The Morgan fingerprint density at radius 1 is 1.17 bits per heavy atom. The predicted molar refractivity (Wildman–Crippen MR) is 87.4 cm³/mol. The number of hydrogen-bond donors (Lipinski definition) is 0. The second kappa shape index (κ2) is 6.04. The third kappa shape index (κ3) is 2.73. The SMILES string of the molecule is COc1cccc(N(C)C(=O)c2ccc3ncccc3c2)c1F. The van der Waals surface area contributed by atoms with Crippen LogP contribution in [-0.4, -0.2) is 25.0 Å². The summed E-state index contributed by atoms with van der Waals surface area (Å²) in [6, 6.07) is 13.6. The normalized spacial score (nSPS) is 10.6. The zero-order chi connectivity index (χ0) is 16.4. The van der Waals surface area contributed by atoms with Gasteiger partial charge in [0, 0.05) is 24.2 Å². The van der Waals surface area contributed by atoms with E-state index in [1.165, 1.54) is 25.1 Å². The van der Waals surface area contributed by atoms with Crippen LogP contribution in [-0.2, 0) is 0 Å². The van der Waals surface area contributed by atoms with Gasteiger partial charge in [0.25, 0.3) is 5.91 Å². The maximum atomic E-state index is 14.3. The first-order valence-electron chi connectivity index (χ1n) is 7.07. The molecule has 0 bridgehead atoms. The smallest absolute Gasteiger partial charge is 0.258 e. The molecule has 3 aromatic rings. The molecule has 4 nitrogen and oxygen atoms in total. The standard InChI is InChI=1S/C18H15FN2O2/c1-21(15-6-3-7-16(23-2)17(15)19)18(22)13-8-9-14-12(11-13)5-4-10-20-14/h3-11H,1-2H3. The molecule has 23 heavy (non-hydrogen) atoms. The van der Waals surface area contributed by atoms with E-state index in [4.69, 9.17) is 4.74 Å². The van der Waals surface area contributed by atoms with Crippen LogP contribution in [0.1, 0.15) is 10.4 Å². The van der Waals surface area contributed by atoms with Crippen molar-refractivity contribution in [2.75, 3.05) is 19.1 Å². The number of methoxy groups -OCH3 is 1. The molecular formula is C18H15FN2O2. The summed E-state index contributed by atoms with van der Waals surface area (Å²) < 4.78 is 19.3. The number of anilines is 1. The van der Waals surface area contributed by atoms with E-state index in [-0.39, 0.29) is 17.3 Å². The summed E-state index contributed by atoms with van der Waals surface area (Å²) >= 11 is 0. The monoisotopic (exact) mass is 310 g/mol. The van der Waals surface area contributed by atoms with Gasteiger partial charge in [-0.1, -0.05) is 12.1 Å². The number of pyridine rings is 1. The average molecular weight is 310 g/mol. The Morgan fingerprint density at radius 3 is 2.78 bits per heavy atom. The van der Waals surface area contributed by atoms with Gasteiger partial charge in [-0.25, -0.2) is 4.39 Å². The van der Waals surface area contributed by atoms with Gasteiger partial charge < -0.3 is 9.64 Å². The van der Waals surface area contributed by atoms with Crippen molar-refractivity contribution in [3.8, 4) is 5.75 Å². The van der Waals surface area contributed by atoms with E-state index in [1.807, 2.05) is 12.1 Å². The highest BCUT2D eigenvalue weighted by molar-refractivity contribution is 6.07. The number of benzene rings is 2. The highest BCUT2D eigenvalue weighted by atomic mass is 19.1. The van der Waals surface area contributed by atoms with Gasteiger partial charge in [0.2, 0.25) is 0 Å². The molecule has 0 saturated heterocycles. The lowest BCUT2D eigenvalue weighted by atomic mass is 10.1. The van der Waals surface area contributed by atoms with Crippen LogP contribution in [0.25, 0.3) is 10.9 Å². The summed E-state index contributed by atoms with van der Waals surface area (Å²) in [6.07, 6.45) is 1.70. The van der Waals surface area contributed by atoms with Crippen molar-refractivity contribution in [3.05, 3.63) is 66.1 Å². The molecule has 1 amide bonds. The Balaban J connectivity index is 1.98. The second-order valence-electron chi connectivity index (χ2n) is 5.07. The molecular weight excluding hydrogens is 295 g/mol. The highest BCUT2D eigenvalue weighted by Crippen LogP contribution is 2.27. The minimum absolute atomic E-state index is 0.102. The van der Waals surface area contributed by atoms with E-state index in [0.717, 1.165) is 10.9 Å². The van der Waals surface area contributed by atoms with Gasteiger partial charge in [-0.15, -0.1) is 0 Å². The fourth-order valence-corrected chi connectivity index (χ4v) is 2.43. The molecule has 0 saturated carbocycles. The number of carbonyl (C=O) groups excluding carboxylic acids is 1. The van der Waals surface area contributed by atoms with E-state index in [9.17, 15) is 9.18 Å². The Kier molecular flexibility index (Phi) is 3.93. The van der Waals surface area contributed by atoms with Crippen LogP contribution in [0, 0.1) is 5.82 Å². The van der Waals surface area contributed by atoms with E-state index < -0.39 is 5.82 Å². The Labute approximate surface area is 133 Å². The van der Waals surface area contributed by atoms with Crippen molar-refractivity contribution < 1.29 is 13.9 Å². The largest absolute Gasteiger partial charge is 0.494 e. The van der Waals surface area contributed by atoms with Crippen LogP contribution >= 0.6 is 0 Å². The number of ether oxygens (including phenoxy) is 1. The topological polar surface area (TPSA) is 42.4 Å². The molecule has 0 fully saturated rings. The van der Waals surface area contributed by atoms with Gasteiger partial charge in [-0.05, 0) is 36.4 Å². The molecule has 5 heteroatoms. The van der Waals surface area contributed by atoms with Gasteiger partial charge in [-0.3, -0.25) is 9.78 Å². The zero-order valence-electron chi connectivity index (χ0n) is 12.8. The molecule has 0 aliphatic heterocycles. The van der Waals surface area contributed by atoms with Crippen molar-refractivity contribution in [2.45, 2.75) is 0 Å². The van der Waals surface area contributed by atoms with Gasteiger partial charge in [-0.2, -0.15) is 0 Å². The molecule has 2 aromatic carbocycles. The lowest BCUT2D eigenvalue weighted by Gasteiger charge is -2.19. The summed E-state index contributed by atoms with van der Waals surface area (Å²) in [4.78, 5) is 18.1. The maximum Gasteiger partial charge on any atom is 0.258 e. The van der Waals surface area contributed by atoms with E-state index in [1.54, 1.807) is 36.5 Å². The summed E-state index contributed by atoms with van der Waals surface area (Å²) in [5.41, 5.74) is 1.44. The minimum Gasteiger partial charge on any atom is -0.494 e. The molecule has 0 N–H and O–H groups in total. The van der Waals surface area contributed by atoms with Gasteiger partial charge >= 0.3 is 0 Å². The predicted octanol–water partition coefficient (Wildman–Crippen LogP) is 3.66. The number of carbonyl (C=O) groups is 1. The van der Waals surface area contributed by atoms with E-state index in [2.05, 4.69) is 4.98 Å². The lowest BCUT2D eigenvalue weighted by Crippen LogP contribution is -2.27. The molecule has 3 rings (SSSR count). The number of hydrogen-bond acceptors (Lipinski definition) is 3. The first kappa shape index (κ1) is 15.0. The van der Waals surface area contributed by atoms with Crippen LogP contribution in [0.2, 0.25) is 0 Å². The van der Waals surface area contributed by atoms with Crippen molar-refractivity contribution in [2.24, 2.45) is 0 Å². The first-order chi connectivity index (χ1) is 11.1. The number of aromatic nitrogens is 1. The molecule has 0 unspecified atom stereocenters. The van der Waals surface area contributed by atoms with Gasteiger partial charge in [0.1, 0.15) is 0 Å². The lowest BCUT2D eigenvalue weighted by molar-refractivity contribution is 0.0992. The fraction of sp³-hybridized carbons (Fsp3) is 0.111. The third-order valence-corrected chi connectivity index (χ3v) is 3.68. The summed E-state index contributed by atoms with van der Waals surface area (Å²) in [6.45, 7) is 0. The number of fused-ring (bicyclic) bond motifs is 1. The first-order valence-corrected chi connectivity index (χ1v) is 7.07. The Morgan fingerprint density at radius 2 is 2.00 bits per heavy atom. The Hall–Kier alpha value is -2.95. The number of amides is 1. The molecule has 0 aliphatic rings. The van der Waals surface area contributed by atoms with Crippen molar-refractivity contribution in [1.29, 1.82) is 0 Å². The summed E-state index contributed by atoms with van der Waals surface area (Å²) in [5, 5.41) is 0.859. The minimum atomic E-state index is -0.562. The summed E-state index contributed by atoms with van der Waals surface area (Å²) in [5.74, 6) is -0.763. The number of nitrogens with zero attached hydrogens (tertiary/aromatic N) is 2. The van der Waals surface area contributed by atoms with Crippen LogP contribution in [0.5, 0.6) is 5.75 Å². The molecule has 0 aliphatic carbocycles. The van der Waals surface area contributed by atoms with Crippen LogP contribution in [0.3, 0.4) is 0 Å². The van der Waals surface area contributed by atoms with Crippen molar-refractivity contribution in [3.63, 3.8) is 0 Å². The van der Waals surface area contributed by atoms with Crippen molar-refractivity contribution >= 4 is 22.5 Å². The highest BCUT2D eigenvalue weighted by Gasteiger charge is 2.19. The van der Waals surface area contributed by atoms with E-state index in [0.29, 0.717) is 5.56 Å². The number of halogens is 1. The van der Waals surface area contributed by atoms with Gasteiger partial charge in [0.15, 0.2) is 11.6 Å². The maximum absolute atomic E-state index is 14.3. The average Bonchev–Trinajstić information content (AvgIpc) is 2.60. The quantitative estimate of drug-likeness (QED) is 0.741. The van der Waals surface area contributed by atoms with E-state index >= 15 is 0 Å². The van der Waals surface area contributed by atoms with Crippen LogP contribution in [0.15, 0.2) is 54.7 Å². The molecule has 1 aromatic heterocycles. The molecule has 1 heterocycles. The third-order valence-electron chi connectivity index (χ3n) is 3.68. The van der Waals surface area contributed by atoms with Crippen LogP contribution in [0.4, 0.5) is 10.1 Å². The van der Waals surface area contributed by atoms with Gasteiger partial charge in [0.05, 0.1) is 18.3 Å². The molecule has 0 spiro atoms. The van der Waals surface area contributed by atoms with Crippen LogP contribution < -0.4 is 9.64 Å². The molecule has 0 atom stereocenters. The fourth-order valence-electron chi connectivity index (χ4n) is 2.43. The zero-order valence-corrected chi connectivity index (χ0v) is 12.8. The Bertz CT molecular complexity index is 880. The second-order valence-corrected chi connectivity index (χ2v) is 5.07. The number of rotatable bonds is 3. The molecule has 116 valence electrons. The van der Waals surface area contributed by atoms with Crippen molar-refractivity contribution in [1.82, 2.24) is 4.98 Å². The summed E-state index contributed by atoms with van der Waals surface area (Å²) in [7, 11) is 2.92.